The molecule has 0 aliphatic carbocycles. The number of methoxy groups -OCH3 is 2. The Hall–Kier alpha value is -3.54. The normalized spacial score (nSPS) is 11.0. The Morgan fingerprint density at radius 1 is 1.07 bits per heavy atom. The highest BCUT2D eigenvalue weighted by molar-refractivity contribution is 6.10. The minimum atomic E-state index is -0.608. The molecular weight excluding hydrogens is 358 g/mol. The first kappa shape index (κ1) is 19.2. The Labute approximate surface area is 162 Å². The molecule has 0 amide bonds. The van der Waals surface area contributed by atoms with Gasteiger partial charge >= 0.3 is 5.97 Å². The lowest BCUT2D eigenvalue weighted by Crippen LogP contribution is -2.13. The summed E-state index contributed by atoms with van der Waals surface area (Å²) in [5, 5.41) is 0.819. The van der Waals surface area contributed by atoms with Crippen molar-refractivity contribution < 1.29 is 23.8 Å². The van der Waals surface area contributed by atoms with Crippen LogP contribution in [0.3, 0.4) is 0 Å². The topological polar surface area (TPSA) is 77.6 Å². The number of fused-ring (bicyclic) bond motifs is 1. The molecule has 0 spiro atoms. The highest BCUT2D eigenvalue weighted by Crippen LogP contribution is 2.25. The second-order valence-corrected chi connectivity index (χ2v) is 6.14. The van der Waals surface area contributed by atoms with Gasteiger partial charge in [-0.05, 0) is 31.2 Å². The average Bonchev–Trinajstić information content (AvgIpc) is 3.05. The van der Waals surface area contributed by atoms with Crippen LogP contribution in [0, 0.1) is 6.92 Å². The molecule has 1 heterocycles. The van der Waals surface area contributed by atoms with Crippen molar-refractivity contribution in [1.82, 2.24) is 4.98 Å². The number of carbonyl (C=O) groups is 2. The quantitative estimate of drug-likeness (QED) is 0.382. The molecule has 144 valence electrons. The number of aryl methyl sites for hydroxylation is 1. The molecule has 6 nitrogen and oxygen atoms in total. The van der Waals surface area contributed by atoms with E-state index in [1.807, 2.05) is 31.2 Å². The van der Waals surface area contributed by atoms with Crippen LogP contribution >= 0.6 is 0 Å². The Morgan fingerprint density at radius 2 is 1.86 bits per heavy atom. The molecule has 28 heavy (non-hydrogen) atoms. The number of para-hydroxylation sites is 1. The number of hydrogen-bond donors (Lipinski definition) is 1. The van der Waals surface area contributed by atoms with E-state index in [9.17, 15) is 9.59 Å². The molecule has 0 aliphatic heterocycles. The summed E-state index contributed by atoms with van der Waals surface area (Å²) in [4.78, 5) is 27.7. The number of Topliss-reactive ketones (excluding diaryl/α,β-unsaturated/α-hetero) is 1. The van der Waals surface area contributed by atoms with Crippen molar-refractivity contribution in [2.24, 2.45) is 0 Å². The Morgan fingerprint density at radius 3 is 2.61 bits per heavy atom. The second kappa shape index (κ2) is 8.43. The lowest BCUT2D eigenvalue weighted by Gasteiger charge is -2.07. The van der Waals surface area contributed by atoms with Gasteiger partial charge in [0.05, 0.1) is 14.2 Å². The minimum absolute atomic E-state index is 0.251. The van der Waals surface area contributed by atoms with Crippen LogP contribution in [0.25, 0.3) is 17.0 Å². The van der Waals surface area contributed by atoms with Gasteiger partial charge in [-0.1, -0.05) is 18.2 Å². The van der Waals surface area contributed by atoms with E-state index >= 15 is 0 Å². The van der Waals surface area contributed by atoms with E-state index in [2.05, 4.69) is 4.98 Å². The summed E-state index contributed by atoms with van der Waals surface area (Å²) in [5.74, 6) is 0.354. The molecule has 0 saturated heterocycles. The van der Waals surface area contributed by atoms with Gasteiger partial charge in [0.15, 0.2) is 6.61 Å². The van der Waals surface area contributed by atoms with Crippen LogP contribution in [0.15, 0.2) is 48.5 Å². The van der Waals surface area contributed by atoms with Crippen LogP contribution in [0.2, 0.25) is 0 Å². The monoisotopic (exact) mass is 379 g/mol. The van der Waals surface area contributed by atoms with Crippen molar-refractivity contribution >= 4 is 28.7 Å². The van der Waals surface area contributed by atoms with E-state index in [1.54, 1.807) is 31.4 Å². The van der Waals surface area contributed by atoms with E-state index in [-0.39, 0.29) is 12.4 Å². The number of carbonyl (C=O) groups excluding carboxylic acids is 2. The predicted octanol–water partition coefficient (Wildman–Crippen LogP) is 3.93. The van der Waals surface area contributed by atoms with E-state index in [1.165, 1.54) is 13.2 Å². The first-order valence-electron chi connectivity index (χ1n) is 8.71. The summed E-state index contributed by atoms with van der Waals surface area (Å²) in [6, 6.07) is 12.8. The van der Waals surface area contributed by atoms with Crippen molar-refractivity contribution in [3.63, 3.8) is 0 Å². The van der Waals surface area contributed by atoms with Gasteiger partial charge in [-0.25, -0.2) is 4.79 Å². The third kappa shape index (κ3) is 4.06. The largest absolute Gasteiger partial charge is 0.497 e. The van der Waals surface area contributed by atoms with Gasteiger partial charge in [-0.3, -0.25) is 4.79 Å². The zero-order chi connectivity index (χ0) is 20.1. The standard InChI is InChI=1S/C22H21NO5/c1-14-22(17-6-4-5-7-18(17)23-14)19(24)13-28-21(25)11-9-15-8-10-16(26-2)12-20(15)27-3/h4-12,23H,13H2,1-3H3/b11-9+. The third-order valence-corrected chi connectivity index (χ3v) is 4.36. The fraction of sp³-hybridized carbons (Fsp3) is 0.182. The van der Waals surface area contributed by atoms with Gasteiger partial charge in [0.1, 0.15) is 11.5 Å². The van der Waals surface area contributed by atoms with Crippen LogP contribution < -0.4 is 9.47 Å². The number of rotatable bonds is 7. The molecule has 1 N–H and O–H groups in total. The number of aromatic nitrogens is 1. The number of esters is 1. The fourth-order valence-electron chi connectivity index (χ4n) is 3.01. The van der Waals surface area contributed by atoms with Gasteiger partial charge in [0, 0.05) is 39.9 Å². The molecule has 0 unspecified atom stereocenters. The molecule has 3 rings (SSSR count). The SMILES string of the molecule is COc1ccc(/C=C/C(=O)OCC(=O)c2c(C)[nH]c3ccccc23)c(OC)c1. The maximum Gasteiger partial charge on any atom is 0.331 e. The van der Waals surface area contributed by atoms with E-state index < -0.39 is 5.97 Å². The van der Waals surface area contributed by atoms with E-state index in [0.29, 0.717) is 22.6 Å². The number of ketones is 1. The summed E-state index contributed by atoms with van der Waals surface area (Å²) in [5.41, 5.74) is 2.87. The van der Waals surface area contributed by atoms with E-state index in [4.69, 9.17) is 14.2 Å². The third-order valence-electron chi connectivity index (χ3n) is 4.36. The molecule has 0 radical (unpaired) electrons. The lowest BCUT2D eigenvalue weighted by atomic mass is 10.1. The molecule has 0 bridgehead atoms. The predicted molar refractivity (Wildman–Crippen MR) is 107 cm³/mol. The number of hydrogen-bond acceptors (Lipinski definition) is 5. The zero-order valence-corrected chi connectivity index (χ0v) is 15.9. The maximum atomic E-state index is 12.5. The minimum Gasteiger partial charge on any atom is -0.497 e. The van der Waals surface area contributed by atoms with Gasteiger partial charge in [-0.2, -0.15) is 0 Å². The van der Waals surface area contributed by atoms with Gasteiger partial charge in [0.25, 0.3) is 0 Å². The molecule has 0 atom stereocenters. The average molecular weight is 379 g/mol. The van der Waals surface area contributed by atoms with Crippen LogP contribution in [0.5, 0.6) is 11.5 Å². The van der Waals surface area contributed by atoms with Crippen molar-refractivity contribution in [1.29, 1.82) is 0 Å². The molecular formula is C22H21NO5. The van der Waals surface area contributed by atoms with Crippen LogP contribution in [0.1, 0.15) is 21.6 Å². The Balaban J connectivity index is 1.66. The smallest absolute Gasteiger partial charge is 0.331 e. The zero-order valence-electron chi connectivity index (χ0n) is 15.9. The highest BCUT2D eigenvalue weighted by atomic mass is 16.5. The molecule has 0 fully saturated rings. The Bertz CT molecular complexity index is 1050. The lowest BCUT2D eigenvalue weighted by molar-refractivity contribution is -0.136. The number of aromatic amines is 1. The number of H-pyrrole nitrogens is 1. The van der Waals surface area contributed by atoms with Crippen LogP contribution in [-0.2, 0) is 9.53 Å². The molecule has 0 aliphatic rings. The van der Waals surface area contributed by atoms with Gasteiger partial charge in [-0.15, -0.1) is 0 Å². The summed E-state index contributed by atoms with van der Waals surface area (Å²) in [6.07, 6.45) is 2.84. The molecule has 0 saturated carbocycles. The van der Waals surface area contributed by atoms with Crippen LogP contribution in [0.4, 0.5) is 0 Å². The fourth-order valence-corrected chi connectivity index (χ4v) is 3.01. The molecule has 1 aromatic heterocycles. The van der Waals surface area contributed by atoms with Crippen molar-refractivity contribution in [3.05, 3.63) is 65.4 Å². The summed E-state index contributed by atoms with van der Waals surface area (Å²) >= 11 is 0. The van der Waals surface area contributed by atoms with Crippen LogP contribution in [-0.4, -0.2) is 37.6 Å². The van der Waals surface area contributed by atoms with Crippen molar-refractivity contribution in [2.75, 3.05) is 20.8 Å². The van der Waals surface area contributed by atoms with Gasteiger partial charge in [0.2, 0.25) is 5.78 Å². The second-order valence-electron chi connectivity index (χ2n) is 6.14. The number of ether oxygens (including phenoxy) is 3. The molecule has 6 heteroatoms. The number of nitrogens with one attached hydrogen (secondary N) is 1. The van der Waals surface area contributed by atoms with Gasteiger partial charge < -0.3 is 19.2 Å². The first-order chi connectivity index (χ1) is 13.5. The first-order valence-corrected chi connectivity index (χ1v) is 8.71. The summed E-state index contributed by atoms with van der Waals surface area (Å²) < 4.78 is 15.5. The maximum absolute atomic E-state index is 12.5. The summed E-state index contributed by atoms with van der Waals surface area (Å²) in [6.45, 7) is 1.50. The molecule has 2 aromatic carbocycles. The Kier molecular flexibility index (Phi) is 5.79. The van der Waals surface area contributed by atoms with Crippen molar-refractivity contribution in [2.45, 2.75) is 6.92 Å². The van der Waals surface area contributed by atoms with E-state index in [0.717, 1.165) is 16.6 Å². The van der Waals surface area contributed by atoms with Crippen molar-refractivity contribution in [3.8, 4) is 11.5 Å². The molecule has 3 aromatic rings. The highest BCUT2D eigenvalue weighted by Gasteiger charge is 2.17. The summed E-state index contributed by atoms with van der Waals surface area (Å²) in [7, 11) is 3.10. The number of benzene rings is 2.